The molecule has 1 atom stereocenters. The molecule has 3 aromatic rings. The summed E-state index contributed by atoms with van der Waals surface area (Å²) >= 11 is 0. The highest BCUT2D eigenvalue weighted by molar-refractivity contribution is 6.00. The molecular formula is C25H24FN5O4. The Morgan fingerprint density at radius 2 is 2.14 bits per heavy atom. The number of carbonyl (C=O) groups is 2. The van der Waals surface area contributed by atoms with Crippen LogP contribution < -0.4 is 15.0 Å². The van der Waals surface area contributed by atoms with Crippen molar-refractivity contribution in [2.75, 3.05) is 18.6 Å². The summed E-state index contributed by atoms with van der Waals surface area (Å²) < 4.78 is 20.2. The third-order valence-electron chi connectivity index (χ3n) is 5.17. The molecule has 1 aliphatic rings. The Bertz CT molecular complexity index is 1340. The molecule has 3 heterocycles. The molecule has 180 valence electrons. The number of halogens is 1. The second kappa shape index (κ2) is 9.56. The molecule has 0 aliphatic carbocycles. The smallest absolute Gasteiger partial charge is 0.342 e. The highest BCUT2D eigenvalue weighted by Crippen LogP contribution is 2.31. The number of aliphatic hydroxyl groups is 1. The number of likely N-dealkylation sites (N-methyl/N-ethyl adjacent to an activating group) is 1. The van der Waals surface area contributed by atoms with Crippen molar-refractivity contribution >= 4 is 17.6 Å². The molecule has 2 aromatic heterocycles. The number of rotatable bonds is 3. The van der Waals surface area contributed by atoms with E-state index in [2.05, 4.69) is 27.2 Å². The van der Waals surface area contributed by atoms with Gasteiger partial charge < -0.3 is 20.1 Å². The van der Waals surface area contributed by atoms with E-state index >= 15 is 0 Å². The third-order valence-corrected chi connectivity index (χ3v) is 5.17. The number of aromatic nitrogens is 3. The molecule has 10 heteroatoms. The van der Waals surface area contributed by atoms with Crippen molar-refractivity contribution in [3.8, 4) is 17.6 Å². The van der Waals surface area contributed by atoms with Crippen LogP contribution in [0.3, 0.4) is 0 Å². The van der Waals surface area contributed by atoms with Crippen LogP contribution >= 0.6 is 0 Å². The van der Waals surface area contributed by atoms with E-state index in [1.807, 2.05) is 0 Å². The van der Waals surface area contributed by atoms with Gasteiger partial charge in [0.1, 0.15) is 24.0 Å². The van der Waals surface area contributed by atoms with Crippen LogP contribution in [0.1, 0.15) is 30.7 Å². The van der Waals surface area contributed by atoms with Gasteiger partial charge in [0.2, 0.25) is 5.95 Å². The largest absolute Gasteiger partial charge is 0.489 e. The van der Waals surface area contributed by atoms with Crippen molar-refractivity contribution in [3.63, 3.8) is 0 Å². The summed E-state index contributed by atoms with van der Waals surface area (Å²) in [6.07, 6.45) is 3.28. The van der Waals surface area contributed by atoms with E-state index in [9.17, 15) is 19.1 Å². The first kappa shape index (κ1) is 23.9. The molecule has 4 rings (SSSR count). The summed E-state index contributed by atoms with van der Waals surface area (Å²) in [6.45, 7) is 3.09. The average Bonchev–Trinajstić information content (AvgIpc) is 3.23. The number of pyridine rings is 1. The van der Waals surface area contributed by atoms with Crippen molar-refractivity contribution in [2.45, 2.75) is 31.9 Å². The van der Waals surface area contributed by atoms with Crippen LogP contribution in [-0.2, 0) is 11.2 Å². The molecule has 2 amide bonds. The number of benzene rings is 1. The van der Waals surface area contributed by atoms with Crippen LogP contribution in [0.2, 0.25) is 0 Å². The molecule has 1 aromatic carbocycles. The lowest BCUT2D eigenvalue weighted by Crippen LogP contribution is -2.50. The number of fused-ring (bicyclic) bond motifs is 1. The Morgan fingerprint density at radius 1 is 1.34 bits per heavy atom. The Balaban J connectivity index is 1.45. The van der Waals surface area contributed by atoms with Crippen LogP contribution in [0.5, 0.6) is 5.75 Å². The maximum atomic E-state index is 13.3. The monoisotopic (exact) mass is 477 g/mol. The Hall–Kier alpha value is -4.23. The molecule has 1 aliphatic heterocycles. The summed E-state index contributed by atoms with van der Waals surface area (Å²) in [7, 11) is 1.58. The van der Waals surface area contributed by atoms with Crippen LogP contribution in [0.15, 0.2) is 48.8 Å². The van der Waals surface area contributed by atoms with Gasteiger partial charge in [-0.15, -0.1) is 0 Å². The van der Waals surface area contributed by atoms with Gasteiger partial charge in [-0.3, -0.25) is 4.79 Å². The van der Waals surface area contributed by atoms with Gasteiger partial charge in [-0.25, -0.2) is 9.78 Å². The lowest BCUT2D eigenvalue weighted by molar-refractivity contribution is -0.120. The molecule has 0 fully saturated rings. The van der Waals surface area contributed by atoms with Crippen molar-refractivity contribution in [2.24, 2.45) is 0 Å². The molecule has 0 saturated heterocycles. The van der Waals surface area contributed by atoms with Crippen LogP contribution in [0, 0.1) is 17.8 Å². The predicted octanol–water partition coefficient (Wildman–Crippen LogP) is 2.11. The van der Waals surface area contributed by atoms with Gasteiger partial charge in [-0.1, -0.05) is 17.9 Å². The molecule has 1 unspecified atom stereocenters. The topological polar surface area (TPSA) is 110 Å². The second-order valence-electron chi connectivity index (χ2n) is 8.62. The molecular weight excluding hydrogens is 453 g/mol. The summed E-state index contributed by atoms with van der Waals surface area (Å²) in [6, 6.07) is 8.04. The van der Waals surface area contributed by atoms with E-state index in [0.29, 0.717) is 34.7 Å². The van der Waals surface area contributed by atoms with E-state index < -0.39 is 23.6 Å². The molecule has 0 spiro atoms. The van der Waals surface area contributed by atoms with Gasteiger partial charge >= 0.3 is 6.03 Å². The zero-order valence-corrected chi connectivity index (χ0v) is 19.4. The predicted molar refractivity (Wildman–Crippen MR) is 125 cm³/mol. The fourth-order valence-corrected chi connectivity index (χ4v) is 3.44. The average molecular weight is 477 g/mol. The van der Waals surface area contributed by atoms with Gasteiger partial charge in [0.25, 0.3) is 5.91 Å². The Labute approximate surface area is 201 Å². The van der Waals surface area contributed by atoms with Gasteiger partial charge in [-0.05, 0) is 49.7 Å². The minimum absolute atomic E-state index is 0.0715. The standard InChI is InChI=1S/C25H24FN5O4/c1-25(2,34)10-9-16-7-8-21-20(12-16)30(3)23(32)19(15-35-21)29-24(33)31-14-17(13-27-31)11-18-5-4-6-22(26)28-18/h4-8,12-14,19,34H,11,15H2,1-3H3,(H,29,33). The lowest BCUT2D eigenvalue weighted by atomic mass is 10.1. The number of carbonyl (C=O) groups excluding carboxylic acids is 2. The second-order valence-corrected chi connectivity index (χ2v) is 8.62. The SMILES string of the molecule is CN1C(=O)C(NC(=O)n2cc(Cc3cccc(F)n3)cn2)COc2ccc(C#CC(C)(C)O)cc21. The first-order valence-electron chi connectivity index (χ1n) is 10.8. The molecule has 9 nitrogen and oxygen atoms in total. The van der Waals surface area contributed by atoms with Gasteiger partial charge in [0.15, 0.2) is 0 Å². The number of ether oxygens (including phenoxy) is 1. The number of hydrogen-bond acceptors (Lipinski definition) is 6. The normalized spacial score (nSPS) is 15.4. The summed E-state index contributed by atoms with van der Waals surface area (Å²) in [5, 5.41) is 16.5. The van der Waals surface area contributed by atoms with Crippen LogP contribution in [-0.4, -0.2) is 57.1 Å². The molecule has 0 saturated carbocycles. The molecule has 0 radical (unpaired) electrons. The summed E-state index contributed by atoms with van der Waals surface area (Å²) in [5.41, 5.74) is 1.11. The Kier molecular flexibility index (Phi) is 6.53. The van der Waals surface area contributed by atoms with E-state index in [-0.39, 0.29) is 12.5 Å². The fourth-order valence-electron chi connectivity index (χ4n) is 3.44. The van der Waals surface area contributed by atoms with Gasteiger partial charge in [0, 0.05) is 30.9 Å². The summed E-state index contributed by atoms with van der Waals surface area (Å²) in [5.74, 6) is 5.12. The van der Waals surface area contributed by atoms with Crippen molar-refractivity contribution in [1.82, 2.24) is 20.1 Å². The van der Waals surface area contributed by atoms with Crippen molar-refractivity contribution in [3.05, 3.63) is 71.6 Å². The minimum Gasteiger partial charge on any atom is -0.489 e. The van der Waals surface area contributed by atoms with Crippen LogP contribution in [0.4, 0.5) is 14.9 Å². The molecule has 35 heavy (non-hydrogen) atoms. The van der Waals surface area contributed by atoms with Crippen molar-refractivity contribution < 1.29 is 23.8 Å². The number of nitrogens with one attached hydrogen (secondary N) is 1. The number of hydrogen-bond donors (Lipinski definition) is 2. The van der Waals surface area contributed by atoms with Crippen LogP contribution in [0.25, 0.3) is 0 Å². The highest BCUT2D eigenvalue weighted by atomic mass is 19.1. The zero-order valence-electron chi connectivity index (χ0n) is 19.4. The maximum absolute atomic E-state index is 13.3. The summed E-state index contributed by atoms with van der Waals surface area (Å²) in [4.78, 5) is 31.0. The first-order valence-corrected chi connectivity index (χ1v) is 10.8. The van der Waals surface area contributed by atoms with Crippen molar-refractivity contribution in [1.29, 1.82) is 0 Å². The third kappa shape index (κ3) is 5.83. The van der Waals surface area contributed by atoms with Gasteiger partial charge in [0.05, 0.1) is 11.9 Å². The quantitative estimate of drug-likeness (QED) is 0.442. The van der Waals surface area contributed by atoms with E-state index in [0.717, 1.165) is 4.68 Å². The minimum atomic E-state index is -1.15. The zero-order chi connectivity index (χ0) is 25.2. The Morgan fingerprint density at radius 3 is 2.89 bits per heavy atom. The first-order chi connectivity index (χ1) is 16.6. The fraction of sp³-hybridized carbons (Fsp3) is 0.280. The lowest BCUT2D eigenvalue weighted by Gasteiger charge is -2.20. The van der Waals surface area contributed by atoms with E-state index in [4.69, 9.17) is 4.74 Å². The number of nitrogens with zero attached hydrogens (tertiary/aromatic N) is 4. The molecule has 0 bridgehead atoms. The van der Waals surface area contributed by atoms with E-state index in [1.165, 1.54) is 23.4 Å². The number of amides is 2. The highest BCUT2D eigenvalue weighted by Gasteiger charge is 2.31. The molecule has 2 N–H and O–H groups in total. The van der Waals surface area contributed by atoms with Gasteiger partial charge in [-0.2, -0.15) is 14.2 Å². The number of anilines is 1. The maximum Gasteiger partial charge on any atom is 0.342 e. The van der Waals surface area contributed by atoms with E-state index in [1.54, 1.807) is 51.2 Å².